The fourth-order valence-electron chi connectivity index (χ4n) is 1.93. The molecule has 0 aromatic carbocycles. The second-order valence-electron chi connectivity index (χ2n) is 5.01. The average molecular weight is 196 g/mol. The van der Waals surface area contributed by atoms with Crippen molar-refractivity contribution in [3.63, 3.8) is 0 Å². The van der Waals surface area contributed by atoms with Crippen molar-refractivity contribution in [2.24, 2.45) is 5.41 Å². The summed E-state index contributed by atoms with van der Waals surface area (Å²) in [5, 5.41) is 0.716. The van der Waals surface area contributed by atoms with Crippen LogP contribution >= 0.6 is 11.3 Å². The number of anilines is 1. The van der Waals surface area contributed by atoms with Gasteiger partial charge in [-0.15, -0.1) is 11.3 Å². The Morgan fingerprint density at radius 3 is 2.46 bits per heavy atom. The Morgan fingerprint density at radius 1 is 1.31 bits per heavy atom. The van der Waals surface area contributed by atoms with Crippen LogP contribution in [0.15, 0.2) is 0 Å². The predicted octanol–water partition coefficient (Wildman–Crippen LogP) is 2.59. The number of nitrogen functional groups attached to an aromatic ring is 1. The highest BCUT2D eigenvalue weighted by Gasteiger charge is 2.47. The summed E-state index contributed by atoms with van der Waals surface area (Å²) in [7, 11) is 0. The van der Waals surface area contributed by atoms with E-state index in [2.05, 4.69) is 32.7 Å². The highest BCUT2D eigenvalue weighted by molar-refractivity contribution is 7.15. The smallest absolute Gasteiger partial charge is 0.180 e. The zero-order valence-electron chi connectivity index (χ0n) is 8.64. The number of nitrogens with two attached hydrogens (primary N) is 1. The molecular formula is C10H16N2S. The van der Waals surface area contributed by atoms with Crippen molar-refractivity contribution in [1.29, 1.82) is 0 Å². The van der Waals surface area contributed by atoms with Crippen molar-refractivity contribution in [2.45, 2.75) is 39.5 Å². The van der Waals surface area contributed by atoms with E-state index in [1.54, 1.807) is 11.3 Å². The van der Waals surface area contributed by atoms with Crippen molar-refractivity contribution in [2.75, 3.05) is 5.73 Å². The largest absolute Gasteiger partial charge is 0.375 e. The van der Waals surface area contributed by atoms with Gasteiger partial charge in [0.15, 0.2) is 5.13 Å². The molecule has 0 bridgehead atoms. The van der Waals surface area contributed by atoms with Gasteiger partial charge in [-0.3, -0.25) is 0 Å². The number of fused-ring (bicyclic) bond motifs is 1. The average Bonchev–Trinajstić information content (AvgIpc) is 2.35. The Morgan fingerprint density at radius 2 is 1.92 bits per heavy atom. The topological polar surface area (TPSA) is 38.9 Å². The summed E-state index contributed by atoms with van der Waals surface area (Å²) < 4.78 is 0. The van der Waals surface area contributed by atoms with Crippen LogP contribution < -0.4 is 5.73 Å². The molecule has 72 valence electrons. The molecule has 0 spiro atoms. The van der Waals surface area contributed by atoms with E-state index >= 15 is 0 Å². The molecule has 1 aromatic heterocycles. The van der Waals surface area contributed by atoms with Gasteiger partial charge in [-0.25, -0.2) is 4.98 Å². The number of hydrogen-bond acceptors (Lipinski definition) is 3. The van der Waals surface area contributed by atoms with Gasteiger partial charge in [0, 0.05) is 10.3 Å². The molecule has 1 aromatic rings. The van der Waals surface area contributed by atoms with Crippen LogP contribution in [0.4, 0.5) is 5.13 Å². The molecule has 1 aliphatic carbocycles. The molecule has 0 atom stereocenters. The molecule has 0 unspecified atom stereocenters. The summed E-state index contributed by atoms with van der Waals surface area (Å²) in [5.74, 6) is 0. The van der Waals surface area contributed by atoms with Crippen LogP contribution in [0.1, 0.15) is 38.3 Å². The van der Waals surface area contributed by atoms with Gasteiger partial charge in [0.2, 0.25) is 0 Å². The second-order valence-corrected chi connectivity index (χ2v) is 6.04. The third kappa shape index (κ3) is 1.03. The molecule has 2 nitrogen and oxygen atoms in total. The van der Waals surface area contributed by atoms with Crippen LogP contribution in [0.5, 0.6) is 0 Å². The zero-order chi connectivity index (χ0) is 9.85. The molecule has 13 heavy (non-hydrogen) atoms. The van der Waals surface area contributed by atoms with E-state index in [-0.39, 0.29) is 5.41 Å². The van der Waals surface area contributed by atoms with Crippen LogP contribution in [-0.2, 0) is 11.8 Å². The van der Waals surface area contributed by atoms with Crippen molar-refractivity contribution in [3.8, 4) is 0 Å². The Balaban J connectivity index is 2.57. The minimum absolute atomic E-state index is 0.220. The summed E-state index contributed by atoms with van der Waals surface area (Å²) >= 11 is 1.65. The van der Waals surface area contributed by atoms with Crippen LogP contribution in [0, 0.1) is 5.41 Å². The fraction of sp³-hybridized carbons (Fsp3) is 0.700. The van der Waals surface area contributed by atoms with Crippen LogP contribution in [0.3, 0.4) is 0 Å². The first-order valence-corrected chi connectivity index (χ1v) is 5.42. The first-order chi connectivity index (χ1) is 5.84. The maximum absolute atomic E-state index is 5.71. The molecule has 0 aliphatic heterocycles. The van der Waals surface area contributed by atoms with E-state index in [1.807, 2.05) is 0 Å². The first kappa shape index (κ1) is 9.00. The molecule has 0 saturated heterocycles. The molecular weight excluding hydrogens is 180 g/mol. The normalized spacial score (nSPS) is 23.1. The third-order valence-electron chi connectivity index (χ3n) is 3.58. The molecule has 2 N–H and O–H groups in total. The zero-order valence-corrected chi connectivity index (χ0v) is 9.46. The maximum Gasteiger partial charge on any atom is 0.180 e. The Hall–Kier alpha value is -0.570. The number of rotatable bonds is 0. The number of nitrogens with zero attached hydrogens (tertiary/aromatic N) is 1. The van der Waals surface area contributed by atoms with Gasteiger partial charge < -0.3 is 5.73 Å². The van der Waals surface area contributed by atoms with Gasteiger partial charge in [0.1, 0.15) is 0 Å². The fourth-order valence-corrected chi connectivity index (χ4v) is 3.06. The highest BCUT2D eigenvalue weighted by atomic mass is 32.1. The van der Waals surface area contributed by atoms with E-state index in [0.29, 0.717) is 10.5 Å². The van der Waals surface area contributed by atoms with Gasteiger partial charge in [-0.2, -0.15) is 0 Å². The third-order valence-corrected chi connectivity index (χ3v) is 4.83. The summed E-state index contributed by atoms with van der Waals surface area (Å²) in [4.78, 5) is 5.76. The number of aromatic nitrogens is 1. The second kappa shape index (κ2) is 2.27. The molecule has 0 radical (unpaired) electrons. The van der Waals surface area contributed by atoms with E-state index in [0.717, 1.165) is 6.42 Å². The van der Waals surface area contributed by atoms with E-state index in [1.165, 1.54) is 10.6 Å². The Bertz CT molecular complexity index is 350. The summed E-state index contributed by atoms with van der Waals surface area (Å²) in [6.45, 7) is 9.18. The number of hydrogen-bond donors (Lipinski definition) is 1. The predicted molar refractivity (Wildman–Crippen MR) is 57.0 cm³/mol. The minimum atomic E-state index is 0.220. The lowest BCUT2D eigenvalue weighted by molar-refractivity contribution is 0.227. The van der Waals surface area contributed by atoms with E-state index in [9.17, 15) is 0 Å². The summed E-state index contributed by atoms with van der Waals surface area (Å²) in [6, 6.07) is 0. The van der Waals surface area contributed by atoms with Crippen molar-refractivity contribution >= 4 is 16.5 Å². The monoisotopic (exact) mass is 196 g/mol. The Kier molecular flexibility index (Phi) is 1.57. The van der Waals surface area contributed by atoms with E-state index < -0.39 is 0 Å². The van der Waals surface area contributed by atoms with E-state index in [4.69, 9.17) is 5.73 Å². The quantitative estimate of drug-likeness (QED) is 0.692. The maximum atomic E-state index is 5.71. The molecule has 3 heteroatoms. The molecule has 0 fully saturated rings. The van der Waals surface area contributed by atoms with Crippen molar-refractivity contribution < 1.29 is 0 Å². The van der Waals surface area contributed by atoms with Gasteiger partial charge in [0.05, 0.1) is 5.69 Å². The SMILES string of the molecule is CC1(C)Cc2nc(N)sc2C1(C)C. The van der Waals surface area contributed by atoms with Crippen LogP contribution in [-0.4, -0.2) is 4.98 Å². The minimum Gasteiger partial charge on any atom is -0.375 e. The van der Waals surface area contributed by atoms with Gasteiger partial charge in [-0.1, -0.05) is 27.7 Å². The standard InChI is InChI=1S/C10H16N2S/c1-9(2)5-6-7(10(9,3)4)13-8(11)12-6/h5H2,1-4H3,(H2,11,12). The van der Waals surface area contributed by atoms with Gasteiger partial charge in [0.25, 0.3) is 0 Å². The lowest BCUT2D eigenvalue weighted by Crippen LogP contribution is -2.31. The van der Waals surface area contributed by atoms with Crippen LogP contribution in [0.25, 0.3) is 0 Å². The van der Waals surface area contributed by atoms with Gasteiger partial charge in [-0.05, 0) is 11.8 Å². The van der Waals surface area contributed by atoms with Crippen LogP contribution in [0.2, 0.25) is 0 Å². The highest BCUT2D eigenvalue weighted by Crippen LogP contribution is 2.53. The summed E-state index contributed by atoms with van der Waals surface area (Å²) in [6.07, 6.45) is 1.06. The molecule has 0 saturated carbocycles. The van der Waals surface area contributed by atoms with Crippen molar-refractivity contribution in [1.82, 2.24) is 4.98 Å². The lowest BCUT2D eigenvalue weighted by Gasteiger charge is -2.34. The molecule has 2 rings (SSSR count). The molecule has 1 heterocycles. The van der Waals surface area contributed by atoms with Gasteiger partial charge >= 0.3 is 0 Å². The summed E-state index contributed by atoms with van der Waals surface area (Å²) in [5.41, 5.74) is 7.46. The van der Waals surface area contributed by atoms with Crippen molar-refractivity contribution in [3.05, 3.63) is 10.6 Å². The first-order valence-electron chi connectivity index (χ1n) is 4.60. The number of thiazole rings is 1. The molecule has 1 aliphatic rings. The lowest BCUT2D eigenvalue weighted by atomic mass is 9.71. The molecule has 0 amide bonds. The Labute approximate surface area is 83.2 Å².